The molecule has 2 aliphatic heterocycles. The van der Waals surface area contributed by atoms with E-state index in [9.17, 15) is 13.6 Å². The van der Waals surface area contributed by atoms with Gasteiger partial charge >= 0.3 is 0 Å². The number of benzene rings is 1. The Hall–Kier alpha value is -2.39. The molecule has 1 atom stereocenters. The molecular formula is C20H25F2N5O2. The molecule has 1 fully saturated rings. The Morgan fingerprint density at radius 2 is 2.14 bits per heavy atom. The van der Waals surface area contributed by atoms with Crippen molar-refractivity contribution in [2.75, 3.05) is 26.2 Å². The SMILES string of the molecule is O=C(NCCc1nnc2n1CCN(Cc1ccc(F)cc1F)CC2)[C@H]1CCCO1. The van der Waals surface area contributed by atoms with Crippen LogP contribution in [0, 0.1) is 11.6 Å². The van der Waals surface area contributed by atoms with Crippen molar-refractivity contribution in [3.63, 3.8) is 0 Å². The molecule has 0 aliphatic carbocycles. The van der Waals surface area contributed by atoms with Gasteiger partial charge in [0.25, 0.3) is 0 Å². The Balaban J connectivity index is 1.31. The van der Waals surface area contributed by atoms with Gasteiger partial charge in [-0.25, -0.2) is 8.78 Å². The van der Waals surface area contributed by atoms with Crippen LogP contribution in [-0.2, 0) is 35.5 Å². The fraction of sp³-hybridized carbons (Fsp3) is 0.550. The fourth-order valence-corrected chi connectivity index (χ4v) is 3.86. The maximum atomic E-state index is 14.0. The van der Waals surface area contributed by atoms with E-state index in [1.807, 2.05) is 0 Å². The molecule has 29 heavy (non-hydrogen) atoms. The molecule has 7 nitrogen and oxygen atoms in total. The summed E-state index contributed by atoms with van der Waals surface area (Å²) in [6, 6.07) is 3.71. The first-order valence-electron chi connectivity index (χ1n) is 10.1. The van der Waals surface area contributed by atoms with Crippen LogP contribution in [0.1, 0.15) is 30.1 Å². The van der Waals surface area contributed by atoms with Crippen LogP contribution in [0.4, 0.5) is 8.78 Å². The van der Waals surface area contributed by atoms with Crippen molar-refractivity contribution >= 4 is 5.91 Å². The number of carbonyl (C=O) groups is 1. The van der Waals surface area contributed by atoms with Gasteiger partial charge < -0.3 is 14.6 Å². The largest absolute Gasteiger partial charge is 0.368 e. The van der Waals surface area contributed by atoms with Crippen molar-refractivity contribution in [3.05, 3.63) is 47.0 Å². The summed E-state index contributed by atoms with van der Waals surface area (Å²) in [6.45, 7) is 3.70. The number of nitrogens with one attached hydrogen (secondary N) is 1. The summed E-state index contributed by atoms with van der Waals surface area (Å²) in [4.78, 5) is 14.2. The average molecular weight is 405 g/mol. The van der Waals surface area contributed by atoms with E-state index in [0.29, 0.717) is 44.6 Å². The maximum absolute atomic E-state index is 14.0. The van der Waals surface area contributed by atoms with Crippen molar-refractivity contribution in [2.45, 2.75) is 44.9 Å². The zero-order chi connectivity index (χ0) is 20.2. The van der Waals surface area contributed by atoms with Gasteiger partial charge in [-0.3, -0.25) is 9.69 Å². The normalized spacial score (nSPS) is 19.7. The highest BCUT2D eigenvalue weighted by Crippen LogP contribution is 2.16. The third-order valence-electron chi connectivity index (χ3n) is 5.47. The van der Waals surface area contributed by atoms with Crippen molar-refractivity contribution in [1.82, 2.24) is 25.0 Å². The van der Waals surface area contributed by atoms with E-state index in [1.54, 1.807) is 0 Å². The number of amides is 1. The lowest BCUT2D eigenvalue weighted by Crippen LogP contribution is -2.35. The average Bonchev–Trinajstić information content (AvgIpc) is 3.32. The summed E-state index contributed by atoms with van der Waals surface area (Å²) >= 11 is 0. The molecule has 0 radical (unpaired) electrons. The number of hydrogen-bond acceptors (Lipinski definition) is 5. The lowest BCUT2D eigenvalue weighted by Gasteiger charge is -2.20. The first-order valence-corrected chi connectivity index (χ1v) is 10.1. The predicted octanol–water partition coefficient (Wildman–Crippen LogP) is 1.45. The Bertz CT molecular complexity index is 867. The number of carbonyl (C=O) groups excluding carboxylic acids is 1. The van der Waals surface area contributed by atoms with Crippen LogP contribution < -0.4 is 5.32 Å². The number of ether oxygens (including phenoxy) is 1. The summed E-state index contributed by atoms with van der Waals surface area (Å²) in [6.07, 6.45) is 2.67. The summed E-state index contributed by atoms with van der Waals surface area (Å²) in [5.41, 5.74) is 0.487. The van der Waals surface area contributed by atoms with E-state index >= 15 is 0 Å². The van der Waals surface area contributed by atoms with Crippen LogP contribution in [0.2, 0.25) is 0 Å². The molecule has 2 aromatic rings. The highest BCUT2D eigenvalue weighted by atomic mass is 19.1. The zero-order valence-corrected chi connectivity index (χ0v) is 16.2. The van der Waals surface area contributed by atoms with Crippen molar-refractivity contribution in [1.29, 1.82) is 0 Å². The molecule has 0 unspecified atom stereocenters. The molecule has 1 aromatic carbocycles. The Kier molecular flexibility index (Phi) is 6.15. The minimum atomic E-state index is -0.565. The van der Waals surface area contributed by atoms with Gasteiger partial charge in [0.2, 0.25) is 5.91 Å². The number of fused-ring (bicyclic) bond motifs is 1. The van der Waals surface area contributed by atoms with Gasteiger partial charge in [-0.15, -0.1) is 10.2 Å². The molecule has 156 valence electrons. The van der Waals surface area contributed by atoms with Crippen LogP contribution in [0.3, 0.4) is 0 Å². The molecule has 0 saturated carbocycles. The van der Waals surface area contributed by atoms with E-state index in [-0.39, 0.29) is 12.0 Å². The molecule has 0 spiro atoms. The Morgan fingerprint density at radius 1 is 1.24 bits per heavy atom. The van der Waals surface area contributed by atoms with Crippen molar-refractivity contribution < 1.29 is 18.3 Å². The van der Waals surface area contributed by atoms with Gasteiger partial charge in [0.15, 0.2) is 0 Å². The molecule has 1 aromatic heterocycles. The smallest absolute Gasteiger partial charge is 0.249 e. The molecule has 9 heteroatoms. The number of halogens is 2. The predicted molar refractivity (Wildman–Crippen MR) is 101 cm³/mol. The van der Waals surface area contributed by atoms with Gasteiger partial charge in [-0.1, -0.05) is 6.07 Å². The second-order valence-electron chi connectivity index (χ2n) is 7.49. The molecule has 1 amide bonds. The molecular weight excluding hydrogens is 380 g/mol. The number of aromatic nitrogens is 3. The molecule has 1 saturated heterocycles. The van der Waals surface area contributed by atoms with Gasteiger partial charge in [-0.2, -0.15) is 0 Å². The topological polar surface area (TPSA) is 72.3 Å². The zero-order valence-electron chi connectivity index (χ0n) is 16.2. The summed E-state index contributed by atoms with van der Waals surface area (Å²) in [5, 5.41) is 11.5. The third-order valence-corrected chi connectivity index (χ3v) is 5.47. The summed E-state index contributed by atoms with van der Waals surface area (Å²) in [5.74, 6) is 0.585. The number of hydrogen-bond donors (Lipinski definition) is 1. The lowest BCUT2D eigenvalue weighted by atomic mass is 10.2. The van der Waals surface area contributed by atoms with Crippen LogP contribution in [0.25, 0.3) is 0 Å². The van der Waals surface area contributed by atoms with Crippen molar-refractivity contribution in [3.8, 4) is 0 Å². The maximum Gasteiger partial charge on any atom is 0.249 e. The first kappa shape index (κ1) is 19.9. The van der Waals surface area contributed by atoms with Gasteiger partial charge in [0.1, 0.15) is 29.4 Å². The highest BCUT2D eigenvalue weighted by molar-refractivity contribution is 5.80. The summed E-state index contributed by atoms with van der Waals surface area (Å²) in [7, 11) is 0. The van der Waals surface area contributed by atoms with Gasteiger partial charge in [0.05, 0.1) is 0 Å². The minimum absolute atomic E-state index is 0.0643. The molecule has 0 bridgehead atoms. The third kappa shape index (κ3) is 4.79. The summed E-state index contributed by atoms with van der Waals surface area (Å²) < 4.78 is 34.5. The number of rotatable bonds is 6. The first-order chi connectivity index (χ1) is 14.1. The van der Waals surface area contributed by atoms with E-state index in [2.05, 4.69) is 25.0 Å². The molecule has 2 aliphatic rings. The van der Waals surface area contributed by atoms with E-state index < -0.39 is 11.6 Å². The van der Waals surface area contributed by atoms with E-state index in [0.717, 1.165) is 43.6 Å². The number of nitrogens with zero attached hydrogens (tertiary/aromatic N) is 4. The quantitative estimate of drug-likeness (QED) is 0.788. The fourth-order valence-electron chi connectivity index (χ4n) is 3.86. The Labute approximate surface area is 168 Å². The van der Waals surface area contributed by atoms with Crippen molar-refractivity contribution in [2.24, 2.45) is 0 Å². The Morgan fingerprint density at radius 3 is 2.93 bits per heavy atom. The second-order valence-corrected chi connectivity index (χ2v) is 7.49. The molecule has 3 heterocycles. The van der Waals surface area contributed by atoms with Gasteiger partial charge in [-0.05, 0) is 18.9 Å². The van der Waals surface area contributed by atoms with Crippen LogP contribution >= 0.6 is 0 Å². The van der Waals surface area contributed by atoms with E-state index in [1.165, 1.54) is 12.1 Å². The lowest BCUT2D eigenvalue weighted by molar-refractivity contribution is -0.130. The van der Waals surface area contributed by atoms with Crippen LogP contribution in [-0.4, -0.2) is 57.9 Å². The monoisotopic (exact) mass is 405 g/mol. The minimum Gasteiger partial charge on any atom is -0.368 e. The highest BCUT2D eigenvalue weighted by Gasteiger charge is 2.24. The van der Waals surface area contributed by atoms with Crippen LogP contribution in [0.5, 0.6) is 0 Å². The molecule has 4 rings (SSSR count). The van der Waals surface area contributed by atoms with Gasteiger partial charge in [0, 0.05) is 63.8 Å². The molecule has 1 N–H and O–H groups in total. The second kappa shape index (κ2) is 8.96. The van der Waals surface area contributed by atoms with E-state index in [4.69, 9.17) is 4.74 Å². The standard InChI is InChI=1S/C20H25F2N5O2/c21-15-4-3-14(16(22)12-15)13-26-8-6-19-25-24-18(27(19)10-9-26)5-7-23-20(28)17-2-1-11-29-17/h3-4,12,17H,1-2,5-11,13H2,(H,23,28)/t17-/m1/s1. The van der Waals surface area contributed by atoms with Crippen LogP contribution in [0.15, 0.2) is 18.2 Å².